The van der Waals surface area contributed by atoms with Crippen molar-refractivity contribution in [3.05, 3.63) is 65.7 Å². The Morgan fingerprint density at radius 3 is 1.94 bits per heavy atom. The van der Waals surface area contributed by atoms with Gasteiger partial charge in [-0.1, -0.05) is 62.4 Å². The molecule has 188 valence electrons. The first-order valence-corrected chi connectivity index (χ1v) is 11.9. The number of alkyl carbamates (subject to hydrolysis) is 1. The molecule has 7 heteroatoms. The molecular weight excluding hydrogens is 444 g/mol. The summed E-state index contributed by atoms with van der Waals surface area (Å²) in [4.78, 5) is 41.8. The number of para-hydroxylation sites is 1. The van der Waals surface area contributed by atoms with E-state index in [2.05, 4.69) is 5.32 Å². The first-order valence-electron chi connectivity index (χ1n) is 11.9. The van der Waals surface area contributed by atoms with Crippen LogP contribution in [0, 0.1) is 5.92 Å². The molecule has 7 nitrogen and oxygen atoms in total. The van der Waals surface area contributed by atoms with Gasteiger partial charge in [0.15, 0.2) is 0 Å². The summed E-state index contributed by atoms with van der Waals surface area (Å²) in [6.07, 6.45) is -1.39. The molecule has 0 aromatic heterocycles. The molecule has 1 heterocycles. The van der Waals surface area contributed by atoms with Gasteiger partial charge in [-0.2, -0.15) is 0 Å². The third-order valence-electron chi connectivity index (χ3n) is 5.88. The molecule has 3 rings (SSSR count). The van der Waals surface area contributed by atoms with E-state index in [0.717, 1.165) is 10.5 Å². The lowest BCUT2D eigenvalue weighted by Gasteiger charge is -2.40. The van der Waals surface area contributed by atoms with Crippen molar-refractivity contribution in [2.75, 3.05) is 4.90 Å². The third-order valence-corrected chi connectivity index (χ3v) is 5.88. The number of nitrogens with one attached hydrogen (secondary N) is 1. The number of carbonyl (C=O) groups excluding carboxylic acids is 3. The molecule has 2 atom stereocenters. The van der Waals surface area contributed by atoms with E-state index in [4.69, 9.17) is 9.47 Å². The Morgan fingerprint density at radius 2 is 1.40 bits per heavy atom. The topological polar surface area (TPSA) is 84.9 Å². The van der Waals surface area contributed by atoms with Gasteiger partial charge in [0.25, 0.3) is 0 Å². The van der Waals surface area contributed by atoms with Crippen molar-refractivity contribution >= 4 is 23.8 Å². The molecule has 0 bridgehead atoms. The highest BCUT2D eigenvalue weighted by molar-refractivity contribution is 6.21. The third kappa shape index (κ3) is 5.19. The molecule has 3 amide bonds. The number of hydrogen-bond acceptors (Lipinski definition) is 5. The van der Waals surface area contributed by atoms with Crippen molar-refractivity contribution in [3.63, 3.8) is 0 Å². The first-order chi connectivity index (χ1) is 16.2. The lowest BCUT2D eigenvalue weighted by atomic mass is 9.65. The Balaban J connectivity index is 2.23. The molecule has 1 N–H and O–H groups in total. The molecule has 2 aromatic carbocycles. The van der Waals surface area contributed by atoms with E-state index in [9.17, 15) is 14.4 Å². The summed E-state index contributed by atoms with van der Waals surface area (Å²) in [5.74, 6) is -0.753. The van der Waals surface area contributed by atoms with Crippen LogP contribution in [0.2, 0.25) is 0 Å². The summed E-state index contributed by atoms with van der Waals surface area (Å²) in [6, 6.07) is 15.7. The lowest BCUT2D eigenvalue weighted by molar-refractivity contribution is -0.125. The minimum atomic E-state index is -1.29. The average Bonchev–Trinajstić information content (AvgIpc) is 2.99. The summed E-state index contributed by atoms with van der Waals surface area (Å²) < 4.78 is 11.2. The molecule has 0 unspecified atom stereocenters. The van der Waals surface area contributed by atoms with Crippen LogP contribution in [0.25, 0.3) is 0 Å². The maximum absolute atomic E-state index is 14.4. The quantitative estimate of drug-likeness (QED) is 0.569. The minimum absolute atomic E-state index is 0.302. The Morgan fingerprint density at radius 1 is 0.857 bits per heavy atom. The van der Waals surface area contributed by atoms with Gasteiger partial charge in [0, 0.05) is 0 Å². The summed E-state index contributed by atoms with van der Waals surface area (Å²) in [7, 11) is 0. The van der Waals surface area contributed by atoms with Crippen LogP contribution in [0.5, 0.6) is 0 Å². The number of hydrogen-bond donors (Lipinski definition) is 1. The van der Waals surface area contributed by atoms with Gasteiger partial charge in [0.2, 0.25) is 5.91 Å². The molecule has 0 saturated carbocycles. The van der Waals surface area contributed by atoms with Gasteiger partial charge >= 0.3 is 12.2 Å². The van der Waals surface area contributed by atoms with Crippen LogP contribution >= 0.6 is 0 Å². The molecule has 35 heavy (non-hydrogen) atoms. The van der Waals surface area contributed by atoms with Crippen LogP contribution < -0.4 is 10.2 Å². The monoisotopic (exact) mass is 480 g/mol. The van der Waals surface area contributed by atoms with Crippen LogP contribution in [0.15, 0.2) is 54.6 Å². The number of benzene rings is 2. The zero-order valence-electron chi connectivity index (χ0n) is 21.8. The summed E-state index contributed by atoms with van der Waals surface area (Å²) >= 11 is 0. The van der Waals surface area contributed by atoms with Crippen LogP contribution in [-0.4, -0.2) is 29.3 Å². The fraction of sp³-hybridized carbons (Fsp3) is 0.464. The minimum Gasteiger partial charge on any atom is -0.444 e. The van der Waals surface area contributed by atoms with Crippen molar-refractivity contribution in [3.8, 4) is 0 Å². The summed E-state index contributed by atoms with van der Waals surface area (Å²) in [6.45, 7) is 14.4. The van der Waals surface area contributed by atoms with Crippen molar-refractivity contribution in [2.45, 2.75) is 78.0 Å². The van der Waals surface area contributed by atoms with Crippen molar-refractivity contribution in [1.82, 2.24) is 5.32 Å². The molecule has 2 aromatic rings. The van der Waals surface area contributed by atoms with Crippen molar-refractivity contribution in [2.24, 2.45) is 5.92 Å². The molecule has 0 fully saturated rings. The second kappa shape index (κ2) is 9.36. The zero-order chi connectivity index (χ0) is 26.2. The fourth-order valence-electron chi connectivity index (χ4n) is 4.62. The number of fused-ring (bicyclic) bond motifs is 1. The molecule has 0 saturated heterocycles. The number of carbonyl (C=O) groups is 3. The second-order valence-corrected chi connectivity index (χ2v) is 11.2. The average molecular weight is 481 g/mol. The predicted molar refractivity (Wildman–Crippen MR) is 135 cm³/mol. The maximum atomic E-state index is 14.4. The van der Waals surface area contributed by atoms with E-state index < -0.39 is 40.8 Å². The number of nitrogens with zero attached hydrogens (tertiary/aromatic N) is 1. The maximum Gasteiger partial charge on any atom is 0.421 e. The summed E-state index contributed by atoms with van der Waals surface area (Å²) in [5, 5.41) is 2.97. The Hall–Kier alpha value is -3.35. The second-order valence-electron chi connectivity index (χ2n) is 11.2. The van der Waals surface area contributed by atoms with Gasteiger partial charge in [-0.3, -0.25) is 4.79 Å². The lowest BCUT2D eigenvalue weighted by Crippen LogP contribution is -2.55. The molecule has 0 spiro atoms. The van der Waals surface area contributed by atoms with E-state index in [0.29, 0.717) is 11.3 Å². The summed E-state index contributed by atoms with van der Waals surface area (Å²) in [5.41, 5.74) is -0.977. The van der Waals surface area contributed by atoms with Crippen molar-refractivity contribution in [1.29, 1.82) is 0 Å². The van der Waals surface area contributed by atoms with E-state index in [1.807, 2.05) is 56.3 Å². The zero-order valence-corrected chi connectivity index (χ0v) is 21.8. The number of rotatable bonds is 4. The van der Waals surface area contributed by atoms with Gasteiger partial charge in [0.1, 0.15) is 16.6 Å². The van der Waals surface area contributed by atoms with Crippen LogP contribution in [-0.2, 0) is 19.7 Å². The van der Waals surface area contributed by atoms with Crippen LogP contribution in [0.4, 0.5) is 15.3 Å². The smallest absolute Gasteiger partial charge is 0.421 e. The first kappa shape index (κ1) is 26.3. The van der Waals surface area contributed by atoms with Gasteiger partial charge in [-0.05, 0) is 64.7 Å². The molecule has 1 aliphatic heterocycles. The Bertz CT molecular complexity index is 1100. The van der Waals surface area contributed by atoms with E-state index in [1.54, 1.807) is 53.7 Å². The normalized spacial score (nSPS) is 18.8. The molecule has 0 radical (unpaired) electrons. The number of ether oxygens (including phenoxy) is 2. The van der Waals surface area contributed by atoms with Gasteiger partial charge < -0.3 is 14.8 Å². The van der Waals surface area contributed by atoms with E-state index >= 15 is 0 Å². The highest BCUT2D eigenvalue weighted by atomic mass is 16.6. The highest BCUT2D eigenvalue weighted by Crippen LogP contribution is 2.53. The standard InChI is InChI=1S/C28H36N2O5/c1-18(2)28(22(19-14-10-9-11-15-19)29-24(32)34-26(3,4)5)20-16-12-13-17-21(20)30(23(28)31)25(33)35-27(6,7)8/h9-18,22H,1-8H3,(H,29,32)/t22-,28+/m1/s1. The molecular formula is C28H36N2O5. The SMILES string of the molecule is CC(C)[C@]1([C@H](NC(=O)OC(C)(C)C)c2ccccc2)C(=O)N(C(=O)OC(C)(C)C)c2ccccc21. The van der Waals surface area contributed by atoms with Crippen LogP contribution in [0.1, 0.15) is 72.6 Å². The van der Waals surface area contributed by atoms with Gasteiger partial charge in [-0.15, -0.1) is 0 Å². The molecule has 1 aliphatic rings. The van der Waals surface area contributed by atoms with E-state index in [-0.39, 0.29) is 5.92 Å². The number of amides is 3. The van der Waals surface area contributed by atoms with Gasteiger partial charge in [0.05, 0.1) is 11.7 Å². The van der Waals surface area contributed by atoms with Crippen molar-refractivity contribution < 1.29 is 23.9 Å². The Labute approximate surface area is 207 Å². The number of anilines is 1. The fourth-order valence-corrected chi connectivity index (χ4v) is 4.62. The van der Waals surface area contributed by atoms with Gasteiger partial charge in [-0.25, -0.2) is 14.5 Å². The number of imide groups is 1. The predicted octanol–water partition coefficient (Wildman–Crippen LogP) is 6.13. The highest BCUT2D eigenvalue weighted by Gasteiger charge is 2.60. The van der Waals surface area contributed by atoms with Crippen LogP contribution in [0.3, 0.4) is 0 Å². The largest absolute Gasteiger partial charge is 0.444 e. The molecule has 0 aliphatic carbocycles. The Kier molecular flexibility index (Phi) is 7.02. The van der Waals surface area contributed by atoms with E-state index in [1.165, 1.54) is 0 Å².